The number of likely N-dealkylation sites (N-methyl/N-ethyl adjacent to an activating group) is 1. The number of rotatable bonds is 3. The van der Waals surface area contributed by atoms with Crippen molar-refractivity contribution in [3.8, 4) is 0 Å². The van der Waals surface area contributed by atoms with Crippen molar-refractivity contribution in [3.05, 3.63) is 12.2 Å². The molecule has 0 aromatic heterocycles. The first-order valence-corrected chi connectivity index (χ1v) is 3.56. The molecule has 0 radical (unpaired) electrons. The molecule has 0 saturated heterocycles. The Labute approximate surface area is 80.2 Å². The number of carbonyl (C=O) groups excluding carboxylic acids is 1. The molecule has 4 heteroatoms. The first-order valence-electron chi connectivity index (χ1n) is 3.56. The third-order valence-electron chi connectivity index (χ3n) is 1.98. The number of hydrogen-bond donors (Lipinski definition) is 1. The fraction of sp³-hybridized carbons (Fsp3) is 0.625. The van der Waals surface area contributed by atoms with Crippen molar-refractivity contribution in [1.82, 2.24) is 0 Å². The highest BCUT2D eigenvalue weighted by Crippen LogP contribution is 2.09. The SMILES string of the molecule is C=C(C(N)=O)C(C)[N+](C)(C)C.[Cl-]. The standard InChI is InChI=1S/C8H16N2O.ClH/c1-6(8(9)11)7(2)10(3,4)5;/h7H,1H2,2-5H3,(H-,9,11);1H. The summed E-state index contributed by atoms with van der Waals surface area (Å²) >= 11 is 0. The first kappa shape index (κ1) is 14.0. The van der Waals surface area contributed by atoms with Crippen molar-refractivity contribution >= 4 is 5.91 Å². The van der Waals surface area contributed by atoms with Crippen LogP contribution in [0.3, 0.4) is 0 Å². The third-order valence-corrected chi connectivity index (χ3v) is 1.98. The van der Waals surface area contributed by atoms with E-state index in [0.717, 1.165) is 0 Å². The van der Waals surface area contributed by atoms with E-state index in [1.807, 2.05) is 28.1 Å². The Morgan fingerprint density at radius 1 is 1.42 bits per heavy atom. The molecular weight excluding hydrogens is 176 g/mol. The Morgan fingerprint density at radius 3 is 1.83 bits per heavy atom. The van der Waals surface area contributed by atoms with Crippen LogP contribution in [0, 0.1) is 0 Å². The van der Waals surface area contributed by atoms with Gasteiger partial charge in [0.25, 0.3) is 0 Å². The van der Waals surface area contributed by atoms with E-state index in [2.05, 4.69) is 6.58 Å². The highest BCUT2D eigenvalue weighted by molar-refractivity contribution is 5.92. The van der Waals surface area contributed by atoms with E-state index in [1.165, 1.54) is 0 Å². The van der Waals surface area contributed by atoms with Crippen molar-refractivity contribution in [1.29, 1.82) is 0 Å². The molecule has 0 rings (SSSR count). The van der Waals surface area contributed by atoms with Crippen LogP contribution in [0.1, 0.15) is 6.92 Å². The van der Waals surface area contributed by atoms with Gasteiger partial charge in [-0.05, 0) is 6.92 Å². The lowest BCUT2D eigenvalue weighted by molar-refractivity contribution is -0.887. The Balaban J connectivity index is 0. The maximum atomic E-state index is 10.7. The summed E-state index contributed by atoms with van der Waals surface area (Å²) in [7, 11) is 6.00. The molecule has 0 spiro atoms. The molecule has 3 nitrogen and oxygen atoms in total. The summed E-state index contributed by atoms with van der Waals surface area (Å²) in [5.41, 5.74) is 5.57. The van der Waals surface area contributed by atoms with Crippen molar-refractivity contribution in [2.75, 3.05) is 21.1 Å². The van der Waals surface area contributed by atoms with E-state index < -0.39 is 5.91 Å². The average molecular weight is 193 g/mol. The molecule has 0 bridgehead atoms. The van der Waals surface area contributed by atoms with Gasteiger partial charge in [0.15, 0.2) is 0 Å². The Hall–Kier alpha value is -0.540. The van der Waals surface area contributed by atoms with Gasteiger partial charge in [-0.3, -0.25) is 4.79 Å². The Morgan fingerprint density at radius 2 is 1.75 bits per heavy atom. The van der Waals surface area contributed by atoms with Crippen LogP contribution in [0.5, 0.6) is 0 Å². The van der Waals surface area contributed by atoms with Gasteiger partial charge in [0.1, 0.15) is 6.04 Å². The minimum absolute atomic E-state index is 0. The molecule has 0 aromatic carbocycles. The fourth-order valence-electron chi connectivity index (χ4n) is 0.673. The maximum absolute atomic E-state index is 10.7. The van der Waals surface area contributed by atoms with E-state index in [-0.39, 0.29) is 18.4 Å². The predicted octanol–water partition coefficient (Wildman–Crippen LogP) is -2.87. The molecule has 0 aliphatic carbocycles. The van der Waals surface area contributed by atoms with Crippen molar-refractivity contribution < 1.29 is 21.7 Å². The predicted molar refractivity (Wildman–Crippen MR) is 45.8 cm³/mol. The molecule has 0 heterocycles. The highest BCUT2D eigenvalue weighted by Gasteiger charge is 2.24. The minimum atomic E-state index is -0.412. The van der Waals surface area contributed by atoms with Crippen LogP contribution in [0.2, 0.25) is 0 Å². The van der Waals surface area contributed by atoms with Gasteiger partial charge in [0.2, 0.25) is 5.91 Å². The lowest BCUT2D eigenvalue weighted by atomic mass is 10.1. The Bertz CT molecular complexity index is 184. The van der Waals surface area contributed by atoms with Crippen molar-refractivity contribution in [2.45, 2.75) is 13.0 Å². The second kappa shape index (κ2) is 4.48. The summed E-state index contributed by atoms with van der Waals surface area (Å²) in [6.07, 6.45) is 0. The Kier molecular flexibility index (Phi) is 5.23. The van der Waals surface area contributed by atoms with Gasteiger partial charge in [-0.15, -0.1) is 0 Å². The number of halogens is 1. The molecule has 2 N–H and O–H groups in total. The van der Waals surface area contributed by atoms with Crippen LogP contribution in [0.25, 0.3) is 0 Å². The van der Waals surface area contributed by atoms with E-state index in [4.69, 9.17) is 5.73 Å². The first-order chi connectivity index (χ1) is 4.76. The molecule has 1 unspecified atom stereocenters. The van der Waals surface area contributed by atoms with Crippen molar-refractivity contribution in [3.63, 3.8) is 0 Å². The molecule has 0 fully saturated rings. The summed E-state index contributed by atoms with van der Waals surface area (Å²) in [6, 6.07) is 0.0764. The molecule has 12 heavy (non-hydrogen) atoms. The van der Waals surface area contributed by atoms with Crippen LogP contribution in [-0.4, -0.2) is 37.6 Å². The summed E-state index contributed by atoms with van der Waals surface area (Å²) < 4.78 is 0.668. The molecule has 0 aromatic rings. The zero-order valence-electron chi connectivity index (χ0n) is 8.10. The summed E-state index contributed by atoms with van der Waals surface area (Å²) in [5, 5.41) is 0. The molecule has 0 aliphatic rings. The normalized spacial score (nSPS) is 13.0. The summed E-state index contributed by atoms with van der Waals surface area (Å²) in [5.74, 6) is -0.412. The summed E-state index contributed by atoms with van der Waals surface area (Å²) in [6.45, 7) is 5.57. The number of nitrogens with two attached hydrogens (primary N) is 1. The number of carbonyl (C=O) groups is 1. The van der Waals surface area contributed by atoms with E-state index in [9.17, 15) is 4.79 Å². The molecular formula is C8H17ClN2O. The molecule has 0 saturated carbocycles. The molecule has 1 amide bonds. The van der Waals surface area contributed by atoms with Gasteiger partial charge in [0.05, 0.1) is 26.7 Å². The fourth-order valence-corrected chi connectivity index (χ4v) is 0.673. The van der Waals surface area contributed by atoms with E-state index >= 15 is 0 Å². The zero-order valence-corrected chi connectivity index (χ0v) is 8.85. The van der Waals surface area contributed by atoms with Gasteiger partial charge in [-0.2, -0.15) is 0 Å². The lowest BCUT2D eigenvalue weighted by Crippen LogP contribution is -3.00. The molecule has 1 atom stereocenters. The van der Waals surface area contributed by atoms with Crippen LogP contribution in [0.15, 0.2) is 12.2 Å². The van der Waals surface area contributed by atoms with Gasteiger partial charge >= 0.3 is 0 Å². The lowest BCUT2D eigenvalue weighted by Gasteiger charge is -2.31. The van der Waals surface area contributed by atoms with Gasteiger partial charge in [-0.25, -0.2) is 0 Å². The van der Waals surface area contributed by atoms with E-state index in [1.54, 1.807) is 0 Å². The zero-order chi connectivity index (χ0) is 9.23. The minimum Gasteiger partial charge on any atom is -1.00 e. The topological polar surface area (TPSA) is 43.1 Å². The molecule has 72 valence electrons. The number of primary amides is 1. The number of amides is 1. The van der Waals surface area contributed by atoms with Gasteiger partial charge < -0.3 is 22.6 Å². The van der Waals surface area contributed by atoms with Crippen LogP contribution in [-0.2, 0) is 4.79 Å². The van der Waals surface area contributed by atoms with E-state index in [0.29, 0.717) is 10.1 Å². The second-order valence-corrected chi connectivity index (χ2v) is 3.68. The third kappa shape index (κ3) is 3.74. The van der Waals surface area contributed by atoms with Crippen LogP contribution in [0.4, 0.5) is 0 Å². The smallest absolute Gasteiger partial charge is 0.250 e. The monoisotopic (exact) mass is 192 g/mol. The largest absolute Gasteiger partial charge is 1.00 e. The van der Waals surface area contributed by atoms with Gasteiger partial charge in [-0.1, -0.05) is 6.58 Å². The average Bonchev–Trinajstić information content (AvgIpc) is 1.82. The highest BCUT2D eigenvalue weighted by atomic mass is 35.5. The van der Waals surface area contributed by atoms with Crippen LogP contribution < -0.4 is 18.1 Å². The summed E-state index contributed by atoms with van der Waals surface area (Å²) in [4.78, 5) is 10.7. The number of quaternary nitrogens is 1. The maximum Gasteiger partial charge on any atom is 0.250 e. The van der Waals surface area contributed by atoms with Gasteiger partial charge in [0, 0.05) is 0 Å². The van der Waals surface area contributed by atoms with Crippen LogP contribution >= 0.6 is 0 Å². The number of nitrogens with zero attached hydrogens (tertiary/aromatic N) is 1. The molecule has 0 aliphatic heterocycles. The van der Waals surface area contributed by atoms with Crippen molar-refractivity contribution in [2.24, 2.45) is 5.73 Å². The second-order valence-electron chi connectivity index (χ2n) is 3.68. The quantitative estimate of drug-likeness (QED) is 0.379. The number of hydrogen-bond acceptors (Lipinski definition) is 1.